The molecule has 1 unspecified atom stereocenters. The zero-order valence-electron chi connectivity index (χ0n) is 13.1. The highest BCUT2D eigenvalue weighted by atomic mass is 32.7. The predicted molar refractivity (Wildman–Crippen MR) is 101 cm³/mol. The maximum Gasteiger partial charge on any atom is 0.497 e. The van der Waals surface area contributed by atoms with E-state index >= 15 is 0 Å². The number of hydrogen-bond acceptors (Lipinski definition) is 5. The van der Waals surface area contributed by atoms with Crippen LogP contribution < -0.4 is 9.05 Å². The Hall–Kier alpha value is -2.49. The number of benzene rings is 3. The summed E-state index contributed by atoms with van der Waals surface area (Å²) in [5.74, 6) is 0.972. The molecule has 124 valence electrons. The van der Waals surface area contributed by atoms with Crippen molar-refractivity contribution in [1.82, 2.24) is 0 Å². The van der Waals surface area contributed by atoms with Crippen molar-refractivity contribution in [2.24, 2.45) is 4.99 Å². The first kappa shape index (κ1) is 16.0. The zero-order valence-corrected chi connectivity index (χ0v) is 14.8. The molecule has 0 amide bonds. The second kappa shape index (κ2) is 6.79. The molecule has 0 saturated heterocycles. The standard InChI is InChI=1S/C19H14NO3PS/c21-24(22-16-9-2-1-3-10-16)23-18-12-6-4-8-15(18)14-20-17-11-5-7-13-19(17)25-24/h1-14H. The number of hydrogen-bond donors (Lipinski definition) is 0. The van der Waals surface area contributed by atoms with E-state index in [0.717, 1.165) is 27.5 Å². The first-order valence-corrected chi connectivity index (χ1v) is 10.6. The highest BCUT2D eigenvalue weighted by Crippen LogP contribution is 2.64. The average molecular weight is 367 g/mol. The summed E-state index contributed by atoms with van der Waals surface area (Å²) >= 11 is 1.06. The van der Waals surface area contributed by atoms with Gasteiger partial charge in [0.2, 0.25) is 0 Å². The quantitative estimate of drug-likeness (QED) is 0.513. The summed E-state index contributed by atoms with van der Waals surface area (Å²) in [5, 5.41) is 0. The zero-order chi connectivity index (χ0) is 17.1. The third-order valence-electron chi connectivity index (χ3n) is 3.51. The minimum absolute atomic E-state index is 0.478. The molecule has 0 spiro atoms. The van der Waals surface area contributed by atoms with E-state index < -0.39 is 6.80 Å². The predicted octanol–water partition coefficient (Wildman–Crippen LogP) is 6.11. The highest BCUT2D eigenvalue weighted by Gasteiger charge is 2.33. The molecular formula is C19H14NO3PS. The molecule has 4 nitrogen and oxygen atoms in total. The van der Waals surface area contributed by atoms with Gasteiger partial charge < -0.3 is 9.05 Å². The summed E-state index contributed by atoms with van der Waals surface area (Å²) in [5.41, 5.74) is 1.47. The van der Waals surface area contributed by atoms with Gasteiger partial charge in [0.15, 0.2) is 0 Å². The molecule has 3 aromatic carbocycles. The summed E-state index contributed by atoms with van der Waals surface area (Å²) < 4.78 is 25.2. The third-order valence-corrected chi connectivity index (χ3v) is 6.84. The summed E-state index contributed by atoms with van der Waals surface area (Å²) in [6, 6.07) is 23.9. The van der Waals surface area contributed by atoms with Crippen LogP contribution in [0.15, 0.2) is 88.8 Å². The van der Waals surface area contributed by atoms with Crippen molar-refractivity contribution in [3.8, 4) is 11.5 Å². The molecule has 0 fully saturated rings. The van der Waals surface area contributed by atoms with Crippen LogP contribution in [0.4, 0.5) is 5.69 Å². The van der Waals surface area contributed by atoms with Gasteiger partial charge >= 0.3 is 6.80 Å². The lowest BCUT2D eigenvalue weighted by Gasteiger charge is -2.19. The summed E-state index contributed by atoms with van der Waals surface area (Å²) in [7, 11) is 0. The summed E-state index contributed by atoms with van der Waals surface area (Å²) in [6.07, 6.45) is 1.72. The van der Waals surface area contributed by atoms with Crippen LogP contribution in [0.3, 0.4) is 0 Å². The van der Waals surface area contributed by atoms with Crippen LogP contribution in [-0.4, -0.2) is 6.21 Å². The van der Waals surface area contributed by atoms with Gasteiger partial charge in [0.25, 0.3) is 0 Å². The molecule has 1 aliphatic rings. The minimum Gasteiger partial charge on any atom is -0.408 e. The smallest absolute Gasteiger partial charge is 0.408 e. The van der Waals surface area contributed by atoms with E-state index in [-0.39, 0.29) is 0 Å². The van der Waals surface area contributed by atoms with Gasteiger partial charge in [0.05, 0.1) is 5.69 Å². The molecular weight excluding hydrogens is 353 g/mol. The highest BCUT2D eigenvalue weighted by molar-refractivity contribution is 8.55. The van der Waals surface area contributed by atoms with E-state index in [0.29, 0.717) is 11.5 Å². The van der Waals surface area contributed by atoms with Crippen molar-refractivity contribution in [2.45, 2.75) is 4.90 Å². The van der Waals surface area contributed by atoms with Crippen LogP contribution in [0, 0.1) is 0 Å². The molecule has 1 aliphatic heterocycles. The van der Waals surface area contributed by atoms with Crippen LogP contribution in [-0.2, 0) is 4.57 Å². The molecule has 0 saturated carbocycles. The van der Waals surface area contributed by atoms with Gasteiger partial charge in [-0.3, -0.25) is 4.99 Å². The fourth-order valence-electron chi connectivity index (χ4n) is 2.36. The van der Waals surface area contributed by atoms with E-state index in [9.17, 15) is 4.57 Å². The van der Waals surface area contributed by atoms with E-state index in [2.05, 4.69) is 4.99 Å². The van der Waals surface area contributed by atoms with Crippen molar-refractivity contribution in [3.63, 3.8) is 0 Å². The maximum absolute atomic E-state index is 13.5. The molecule has 1 atom stereocenters. The summed E-state index contributed by atoms with van der Waals surface area (Å²) in [6.45, 7) is -3.56. The molecule has 25 heavy (non-hydrogen) atoms. The van der Waals surface area contributed by atoms with Crippen molar-refractivity contribution in [3.05, 3.63) is 84.4 Å². The molecule has 4 rings (SSSR count). The van der Waals surface area contributed by atoms with E-state index in [1.807, 2.05) is 60.7 Å². The van der Waals surface area contributed by atoms with E-state index in [4.69, 9.17) is 9.05 Å². The number of rotatable bonds is 2. The van der Waals surface area contributed by atoms with Crippen LogP contribution in [0.5, 0.6) is 11.5 Å². The Labute approximate surface area is 149 Å². The lowest BCUT2D eigenvalue weighted by atomic mass is 10.2. The normalized spacial score (nSPS) is 18.7. The minimum atomic E-state index is -3.56. The molecule has 6 heteroatoms. The van der Waals surface area contributed by atoms with E-state index in [1.165, 1.54) is 0 Å². The van der Waals surface area contributed by atoms with Crippen LogP contribution in [0.2, 0.25) is 0 Å². The second-order valence-electron chi connectivity index (χ2n) is 5.30. The second-order valence-corrected chi connectivity index (χ2v) is 9.07. The largest absolute Gasteiger partial charge is 0.497 e. The lowest BCUT2D eigenvalue weighted by molar-refractivity contribution is 0.408. The van der Waals surface area contributed by atoms with Gasteiger partial charge in [-0.1, -0.05) is 42.5 Å². The molecule has 0 N–H and O–H groups in total. The maximum atomic E-state index is 13.5. The number of aliphatic imine (C=N–C) groups is 1. The van der Waals surface area contributed by atoms with Gasteiger partial charge in [-0.05, 0) is 36.4 Å². The molecule has 0 aliphatic carbocycles. The third kappa shape index (κ3) is 3.63. The molecule has 1 heterocycles. The van der Waals surface area contributed by atoms with Crippen molar-refractivity contribution < 1.29 is 13.6 Å². The Morgan fingerprint density at radius 1 is 0.880 bits per heavy atom. The average Bonchev–Trinajstić information content (AvgIpc) is 2.68. The van der Waals surface area contributed by atoms with Gasteiger partial charge in [-0.15, -0.1) is 0 Å². The molecule has 0 aromatic heterocycles. The first-order valence-electron chi connectivity index (χ1n) is 7.68. The summed E-state index contributed by atoms with van der Waals surface area (Å²) in [4.78, 5) is 5.26. The Morgan fingerprint density at radius 2 is 1.60 bits per heavy atom. The molecule has 3 aromatic rings. The number of nitrogens with zero attached hydrogens (tertiary/aromatic N) is 1. The fourth-order valence-corrected chi connectivity index (χ4v) is 5.76. The van der Waals surface area contributed by atoms with Crippen molar-refractivity contribution >= 4 is 30.1 Å². The SMILES string of the molecule is O=P1(Oc2ccccc2)Oc2ccccc2C=Nc2ccccc2S1. The number of para-hydroxylation sites is 3. The van der Waals surface area contributed by atoms with Gasteiger partial charge in [0.1, 0.15) is 11.5 Å². The van der Waals surface area contributed by atoms with Gasteiger partial charge in [0, 0.05) is 28.1 Å². The Kier molecular flexibility index (Phi) is 4.35. The van der Waals surface area contributed by atoms with Gasteiger partial charge in [-0.25, -0.2) is 4.57 Å². The fraction of sp³-hybridized carbons (Fsp3) is 0. The van der Waals surface area contributed by atoms with E-state index in [1.54, 1.807) is 24.4 Å². The van der Waals surface area contributed by atoms with Crippen LogP contribution in [0.25, 0.3) is 0 Å². The van der Waals surface area contributed by atoms with Crippen molar-refractivity contribution in [2.75, 3.05) is 0 Å². The molecule has 0 radical (unpaired) electrons. The molecule has 0 bridgehead atoms. The topological polar surface area (TPSA) is 47.9 Å². The lowest BCUT2D eigenvalue weighted by Crippen LogP contribution is -1.99. The first-order chi connectivity index (χ1) is 12.2. The monoisotopic (exact) mass is 367 g/mol. The van der Waals surface area contributed by atoms with Crippen LogP contribution >= 0.6 is 18.2 Å². The van der Waals surface area contributed by atoms with Crippen molar-refractivity contribution in [1.29, 1.82) is 0 Å². The number of fused-ring (bicyclic) bond motifs is 2. The van der Waals surface area contributed by atoms with Gasteiger partial charge in [-0.2, -0.15) is 0 Å². The Balaban J connectivity index is 1.81. The van der Waals surface area contributed by atoms with Crippen LogP contribution in [0.1, 0.15) is 5.56 Å². The Bertz CT molecular complexity index is 920. The Morgan fingerprint density at radius 3 is 2.48 bits per heavy atom.